The maximum atomic E-state index is 7.02. The molecule has 0 N–H and O–H groups in total. The van der Waals surface area contributed by atoms with Crippen LogP contribution in [0.3, 0.4) is 0 Å². The van der Waals surface area contributed by atoms with E-state index in [9.17, 15) is 0 Å². The summed E-state index contributed by atoms with van der Waals surface area (Å²) in [6, 6.07) is 52.6. The van der Waals surface area contributed by atoms with Gasteiger partial charge in [-0.15, -0.1) is 0 Å². The summed E-state index contributed by atoms with van der Waals surface area (Å²) in [5, 5.41) is 3.14. The Morgan fingerprint density at radius 1 is 0.434 bits per heavy atom. The monoisotopic (exact) mass is 679 g/mol. The minimum Gasteiger partial charge on any atom is -0.456 e. The van der Waals surface area contributed by atoms with Crippen molar-refractivity contribution >= 4 is 56.0 Å². The van der Waals surface area contributed by atoms with Crippen molar-refractivity contribution in [3.8, 4) is 50.7 Å². The molecule has 53 heavy (non-hydrogen) atoms. The average molecular weight is 680 g/mol. The van der Waals surface area contributed by atoms with Gasteiger partial charge < -0.3 is 9.15 Å². The van der Waals surface area contributed by atoms with Gasteiger partial charge in [-0.3, -0.25) is 9.55 Å². The summed E-state index contributed by atoms with van der Waals surface area (Å²) in [4.78, 5) is 9.52. The smallest absolute Gasteiger partial charge is 0.137 e. The molecule has 4 aromatic heterocycles. The fourth-order valence-corrected chi connectivity index (χ4v) is 7.87. The molecule has 10 aromatic rings. The van der Waals surface area contributed by atoms with Crippen LogP contribution >= 0.6 is 0 Å². The van der Waals surface area contributed by atoms with Crippen LogP contribution in [-0.2, 0) is 0 Å². The number of aromatic nitrogens is 3. The Hall–Kier alpha value is -7.24. The quantitative estimate of drug-likeness (QED) is 0.182. The molecule has 5 nitrogen and oxygen atoms in total. The zero-order valence-electron chi connectivity index (χ0n) is 28.4. The van der Waals surface area contributed by atoms with Crippen LogP contribution in [0.1, 0.15) is 11.1 Å². The number of benzene rings is 6. The largest absolute Gasteiger partial charge is 0.456 e. The molecule has 0 saturated heterocycles. The number of para-hydroxylation sites is 2. The maximum Gasteiger partial charge on any atom is 0.137 e. The van der Waals surface area contributed by atoms with Gasteiger partial charge in [0.2, 0.25) is 0 Å². The van der Waals surface area contributed by atoms with Gasteiger partial charge in [-0.1, -0.05) is 97.1 Å². The van der Waals surface area contributed by atoms with Gasteiger partial charge in [-0.05, 0) is 100 Å². The van der Waals surface area contributed by atoms with Gasteiger partial charge >= 0.3 is 0 Å². The van der Waals surface area contributed by atoms with Crippen LogP contribution < -0.4 is 4.74 Å². The molecule has 11 rings (SSSR count). The molecule has 0 radical (unpaired) electrons. The van der Waals surface area contributed by atoms with Crippen LogP contribution in [0.4, 0.5) is 0 Å². The zero-order valence-corrected chi connectivity index (χ0v) is 28.4. The molecule has 5 heteroatoms. The second-order valence-corrected chi connectivity index (χ2v) is 13.4. The second-order valence-electron chi connectivity index (χ2n) is 13.4. The first kappa shape index (κ1) is 29.5. The summed E-state index contributed by atoms with van der Waals surface area (Å²) < 4.78 is 15.7. The Bertz CT molecular complexity index is 3100. The molecule has 0 saturated carbocycles. The molecule has 0 atom stereocenters. The molecule has 0 amide bonds. The number of hydrogen-bond acceptors (Lipinski definition) is 4. The molecule has 0 unspecified atom stereocenters. The van der Waals surface area contributed by atoms with E-state index >= 15 is 0 Å². The molecule has 6 aromatic carbocycles. The number of nitrogens with zero attached hydrogens (tertiary/aromatic N) is 3. The highest BCUT2D eigenvalue weighted by Gasteiger charge is 2.21. The molecule has 1 aliphatic heterocycles. The first-order valence-electron chi connectivity index (χ1n) is 17.7. The fraction of sp³-hybridized carbons (Fsp3) is 0. The zero-order chi connectivity index (χ0) is 34.9. The first-order valence-corrected chi connectivity index (χ1v) is 17.7. The third kappa shape index (κ3) is 4.71. The summed E-state index contributed by atoms with van der Waals surface area (Å²) >= 11 is 0. The highest BCUT2D eigenvalue weighted by atomic mass is 16.5. The Labute approximate surface area is 304 Å². The van der Waals surface area contributed by atoms with Crippen molar-refractivity contribution in [3.05, 3.63) is 175 Å². The van der Waals surface area contributed by atoms with Crippen LogP contribution in [0.5, 0.6) is 11.5 Å². The van der Waals surface area contributed by atoms with E-state index in [1.165, 1.54) is 0 Å². The first-order chi connectivity index (χ1) is 26.3. The number of rotatable bonds is 2. The van der Waals surface area contributed by atoms with Crippen LogP contribution in [0.15, 0.2) is 168 Å². The van der Waals surface area contributed by atoms with Crippen molar-refractivity contribution in [3.63, 3.8) is 0 Å². The minimum atomic E-state index is 0.765. The maximum absolute atomic E-state index is 7.02. The lowest BCUT2D eigenvalue weighted by molar-refractivity contribution is 0.487. The number of fused-ring (bicyclic) bond motifs is 12. The van der Waals surface area contributed by atoms with Crippen LogP contribution in [0.25, 0.3) is 95.2 Å². The van der Waals surface area contributed by atoms with Crippen molar-refractivity contribution in [1.82, 2.24) is 14.5 Å². The normalized spacial score (nSPS) is 12.8. The van der Waals surface area contributed by atoms with Crippen molar-refractivity contribution in [2.75, 3.05) is 0 Å². The summed E-state index contributed by atoms with van der Waals surface area (Å²) in [5.74, 6) is 2.42. The SMILES string of the molecule is C1=C\c2ccc(-c3ccc4c(c3)c3ncccc3n4-c3ccccn3)cc2-c2cc3oc4ccccc4c3cc2Oc2ccccc2-c2ccccc2/1. The van der Waals surface area contributed by atoms with Gasteiger partial charge in [-0.2, -0.15) is 0 Å². The van der Waals surface area contributed by atoms with Gasteiger partial charge in [0.1, 0.15) is 28.5 Å². The van der Waals surface area contributed by atoms with Crippen LogP contribution in [-0.4, -0.2) is 14.5 Å². The van der Waals surface area contributed by atoms with Gasteiger partial charge in [-0.25, -0.2) is 4.98 Å². The van der Waals surface area contributed by atoms with Crippen LogP contribution in [0, 0.1) is 0 Å². The number of ether oxygens (including phenoxy) is 1. The summed E-state index contributed by atoms with van der Waals surface area (Å²) in [7, 11) is 0. The standard InChI is InChI=1S/C48H29N3O2/c1-2-11-34-30(10-1)18-19-31-20-21-32(33-22-23-41-40(27-33)48-42(14-9-25-50-48)51(41)47-17-7-8-24-49-47)26-37(31)39-29-45-38(36-13-4-6-16-44(36)53-45)28-46(39)52-43-15-5-3-12-35(34)43/h1-29H/b19-18-. The van der Waals surface area contributed by atoms with Gasteiger partial charge in [0.15, 0.2) is 0 Å². The molecular formula is C48H29N3O2. The van der Waals surface area contributed by atoms with Gasteiger partial charge in [0.25, 0.3) is 0 Å². The third-order valence-electron chi connectivity index (χ3n) is 10.4. The van der Waals surface area contributed by atoms with E-state index in [2.05, 4.69) is 125 Å². The second kappa shape index (κ2) is 11.7. The molecule has 0 bridgehead atoms. The lowest BCUT2D eigenvalue weighted by Crippen LogP contribution is -1.96. The van der Waals surface area contributed by atoms with E-state index in [0.29, 0.717) is 0 Å². The number of pyridine rings is 2. The molecule has 0 fully saturated rings. The Kier molecular flexibility index (Phi) is 6.48. The number of furan rings is 1. The van der Waals surface area contributed by atoms with E-state index in [0.717, 1.165) is 106 Å². The van der Waals surface area contributed by atoms with E-state index in [1.54, 1.807) is 0 Å². The van der Waals surface area contributed by atoms with Crippen molar-refractivity contribution < 1.29 is 9.15 Å². The van der Waals surface area contributed by atoms with E-state index in [4.69, 9.17) is 14.1 Å². The highest BCUT2D eigenvalue weighted by molar-refractivity contribution is 6.09. The molecule has 0 spiro atoms. The topological polar surface area (TPSA) is 53.1 Å². The molecule has 248 valence electrons. The third-order valence-corrected chi connectivity index (χ3v) is 10.4. The van der Waals surface area contributed by atoms with Gasteiger partial charge in [0, 0.05) is 39.7 Å². The minimum absolute atomic E-state index is 0.765. The van der Waals surface area contributed by atoms with Crippen LogP contribution in [0.2, 0.25) is 0 Å². The Morgan fingerprint density at radius 2 is 1.21 bits per heavy atom. The molecule has 0 aliphatic carbocycles. The Balaban J connectivity index is 1.16. The van der Waals surface area contributed by atoms with E-state index in [1.807, 2.05) is 60.9 Å². The number of hydrogen-bond donors (Lipinski definition) is 0. The lowest BCUT2D eigenvalue weighted by Gasteiger charge is -2.17. The summed E-state index contributed by atoms with van der Waals surface area (Å²) in [6.07, 6.45) is 8.11. The molecule has 5 heterocycles. The highest BCUT2D eigenvalue weighted by Crippen LogP contribution is 2.46. The fourth-order valence-electron chi connectivity index (χ4n) is 7.87. The molecule has 1 aliphatic rings. The van der Waals surface area contributed by atoms with Crippen molar-refractivity contribution in [1.29, 1.82) is 0 Å². The molecular weight excluding hydrogens is 651 g/mol. The predicted molar refractivity (Wildman–Crippen MR) is 215 cm³/mol. The Morgan fingerprint density at radius 3 is 2.13 bits per heavy atom. The average Bonchev–Trinajstić information content (AvgIpc) is 3.74. The predicted octanol–water partition coefficient (Wildman–Crippen LogP) is 12.8. The summed E-state index contributed by atoms with van der Waals surface area (Å²) in [6.45, 7) is 0. The van der Waals surface area contributed by atoms with Gasteiger partial charge in [0.05, 0.1) is 16.6 Å². The summed E-state index contributed by atoms with van der Waals surface area (Å²) in [5.41, 5.74) is 13.2. The van der Waals surface area contributed by atoms with E-state index < -0.39 is 0 Å². The lowest BCUT2D eigenvalue weighted by atomic mass is 9.92. The van der Waals surface area contributed by atoms with E-state index in [-0.39, 0.29) is 0 Å². The van der Waals surface area contributed by atoms with Crippen molar-refractivity contribution in [2.45, 2.75) is 0 Å². The van der Waals surface area contributed by atoms with Crippen molar-refractivity contribution in [2.24, 2.45) is 0 Å².